The summed E-state index contributed by atoms with van der Waals surface area (Å²) in [6.45, 7) is 6.84. The predicted octanol–water partition coefficient (Wildman–Crippen LogP) is 3.33. The normalized spacial score (nSPS) is 13.7. The van der Waals surface area contributed by atoms with Crippen LogP contribution in [-0.4, -0.2) is 30.5 Å². The van der Waals surface area contributed by atoms with Gasteiger partial charge in [0.1, 0.15) is 11.0 Å². The molecule has 0 spiro atoms. The average Bonchev–Trinajstić information content (AvgIpc) is 2.87. The quantitative estimate of drug-likeness (QED) is 0.908. The van der Waals surface area contributed by atoms with E-state index in [0.29, 0.717) is 5.52 Å². The molecule has 1 atom stereocenters. The van der Waals surface area contributed by atoms with Crippen LogP contribution in [0.15, 0.2) is 28.6 Å². The van der Waals surface area contributed by atoms with Gasteiger partial charge < -0.3 is 10.1 Å². The molecule has 0 bridgehead atoms. The van der Waals surface area contributed by atoms with Gasteiger partial charge >= 0.3 is 6.09 Å². The van der Waals surface area contributed by atoms with E-state index >= 15 is 0 Å². The SMILES string of the molecule is CC[C@H](NC(=O)OC(C)(C)C)S(=O)(=O)c1nc2ccccc2s1. The largest absolute Gasteiger partial charge is 0.444 e. The molecule has 0 unspecified atom stereocenters. The molecule has 2 aromatic rings. The number of carbonyl (C=O) groups excluding carboxylic acids is 1. The number of sulfone groups is 1. The Morgan fingerprint density at radius 3 is 2.57 bits per heavy atom. The van der Waals surface area contributed by atoms with Crippen molar-refractivity contribution in [2.24, 2.45) is 0 Å². The van der Waals surface area contributed by atoms with E-state index < -0.39 is 26.9 Å². The standard InChI is InChI=1S/C15H20N2O4S2/c1-5-12(17-13(18)21-15(2,3)4)23(19,20)14-16-10-8-6-7-9-11(10)22-14/h6-9,12H,5H2,1-4H3,(H,17,18)/t12-/m1/s1. The summed E-state index contributed by atoms with van der Waals surface area (Å²) in [7, 11) is -3.77. The number of ether oxygens (including phenoxy) is 1. The van der Waals surface area contributed by atoms with Crippen LogP contribution >= 0.6 is 11.3 Å². The Morgan fingerprint density at radius 1 is 1.35 bits per heavy atom. The van der Waals surface area contributed by atoms with Crippen LogP contribution in [0.3, 0.4) is 0 Å². The number of thiazole rings is 1. The Balaban J connectivity index is 2.26. The molecule has 0 aliphatic rings. The van der Waals surface area contributed by atoms with E-state index in [0.717, 1.165) is 16.0 Å². The number of rotatable bonds is 4. The Hall–Kier alpha value is -1.67. The molecular formula is C15H20N2O4S2. The minimum atomic E-state index is -3.77. The summed E-state index contributed by atoms with van der Waals surface area (Å²) >= 11 is 1.10. The molecule has 1 aromatic carbocycles. The lowest BCUT2D eigenvalue weighted by Gasteiger charge is -2.22. The Labute approximate surface area is 139 Å². The number of nitrogens with one attached hydrogen (secondary N) is 1. The number of para-hydroxylation sites is 1. The molecule has 0 saturated heterocycles. The molecule has 1 N–H and O–H groups in total. The number of carbonyl (C=O) groups is 1. The van der Waals surface area contributed by atoms with Crippen LogP contribution in [0.5, 0.6) is 0 Å². The van der Waals surface area contributed by atoms with Crippen LogP contribution in [0.25, 0.3) is 10.2 Å². The molecule has 2 rings (SSSR count). The number of alkyl carbamates (subject to hydrolysis) is 1. The zero-order chi connectivity index (χ0) is 17.3. The van der Waals surface area contributed by atoms with Gasteiger partial charge in [-0.2, -0.15) is 0 Å². The summed E-state index contributed by atoms with van der Waals surface area (Å²) in [6.07, 6.45) is -0.536. The zero-order valence-corrected chi connectivity index (χ0v) is 15.1. The van der Waals surface area contributed by atoms with Crippen molar-refractivity contribution in [3.63, 3.8) is 0 Å². The molecule has 126 valence electrons. The topological polar surface area (TPSA) is 85.4 Å². The third kappa shape index (κ3) is 4.20. The second-order valence-electron chi connectivity index (χ2n) is 6.04. The number of amides is 1. The first-order valence-electron chi connectivity index (χ1n) is 7.22. The lowest BCUT2D eigenvalue weighted by atomic mass is 10.2. The van der Waals surface area contributed by atoms with Crippen molar-refractivity contribution in [1.29, 1.82) is 0 Å². The highest BCUT2D eigenvalue weighted by Crippen LogP contribution is 2.28. The van der Waals surface area contributed by atoms with Gasteiger partial charge in [-0.1, -0.05) is 19.1 Å². The third-order valence-corrected chi connectivity index (χ3v) is 6.50. The number of hydrogen-bond donors (Lipinski definition) is 1. The van der Waals surface area contributed by atoms with Gasteiger partial charge in [0, 0.05) is 0 Å². The predicted molar refractivity (Wildman–Crippen MR) is 90.3 cm³/mol. The van der Waals surface area contributed by atoms with Crippen LogP contribution in [0, 0.1) is 0 Å². The number of aromatic nitrogens is 1. The minimum absolute atomic E-state index is 0.00149. The van der Waals surface area contributed by atoms with Crippen LogP contribution in [0.2, 0.25) is 0 Å². The summed E-state index contributed by atoms with van der Waals surface area (Å²) in [4.78, 5) is 16.0. The molecule has 6 nitrogen and oxygen atoms in total. The number of nitrogens with zero attached hydrogens (tertiary/aromatic N) is 1. The molecular weight excluding hydrogens is 336 g/mol. The van der Waals surface area contributed by atoms with E-state index in [4.69, 9.17) is 4.74 Å². The second kappa shape index (κ2) is 6.45. The summed E-state index contributed by atoms with van der Waals surface area (Å²) in [5.41, 5.74) is -0.0645. The number of benzene rings is 1. The van der Waals surface area contributed by atoms with E-state index in [2.05, 4.69) is 10.3 Å². The lowest BCUT2D eigenvalue weighted by molar-refractivity contribution is 0.0519. The number of hydrogen-bond acceptors (Lipinski definition) is 6. The van der Waals surface area contributed by atoms with E-state index in [1.54, 1.807) is 39.8 Å². The highest BCUT2D eigenvalue weighted by Gasteiger charge is 2.32. The third-order valence-electron chi connectivity index (χ3n) is 2.94. The van der Waals surface area contributed by atoms with Gasteiger partial charge in [0.2, 0.25) is 14.2 Å². The highest BCUT2D eigenvalue weighted by molar-refractivity contribution is 7.94. The first-order valence-corrected chi connectivity index (χ1v) is 9.59. The maximum atomic E-state index is 12.7. The van der Waals surface area contributed by atoms with E-state index in [1.165, 1.54) is 0 Å². The minimum Gasteiger partial charge on any atom is -0.444 e. The van der Waals surface area contributed by atoms with Gasteiger partial charge in [-0.25, -0.2) is 18.2 Å². The maximum absolute atomic E-state index is 12.7. The lowest BCUT2D eigenvalue weighted by Crippen LogP contribution is -2.43. The maximum Gasteiger partial charge on any atom is 0.408 e. The van der Waals surface area contributed by atoms with Crippen molar-refractivity contribution in [3.05, 3.63) is 24.3 Å². The van der Waals surface area contributed by atoms with Gasteiger partial charge in [-0.15, -0.1) is 11.3 Å². The second-order valence-corrected chi connectivity index (χ2v) is 9.37. The van der Waals surface area contributed by atoms with Gasteiger partial charge in [-0.3, -0.25) is 0 Å². The molecule has 0 aliphatic heterocycles. The van der Waals surface area contributed by atoms with E-state index in [-0.39, 0.29) is 10.8 Å². The fraction of sp³-hybridized carbons (Fsp3) is 0.467. The monoisotopic (exact) mass is 356 g/mol. The molecule has 0 radical (unpaired) electrons. The zero-order valence-electron chi connectivity index (χ0n) is 13.5. The summed E-state index contributed by atoms with van der Waals surface area (Å²) in [5.74, 6) is 0. The van der Waals surface area contributed by atoms with Crippen molar-refractivity contribution >= 4 is 37.5 Å². The molecule has 0 saturated carbocycles. The van der Waals surface area contributed by atoms with Crippen LogP contribution < -0.4 is 5.32 Å². The van der Waals surface area contributed by atoms with Crippen molar-refractivity contribution in [2.75, 3.05) is 0 Å². The first kappa shape index (κ1) is 17.7. The fourth-order valence-electron chi connectivity index (χ4n) is 1.93. The van der Waals surface area contributed by atoms with Crippen LogP contribution in [0.1, 0.15) is 34.1 Å². The smallest absolute Gasteiger partial charge is 0.408 e. The molecule has 1 amide bonds. The molecule has 0 fully saturated rings. The first-order chi connectivity index (χ1) is 10.6. The molecule has 1 aromatic heterocycles. The average molecular weight is 356 g/mol. The van der Waals surface area contributed by atoms with Gasteiger partial charge in [-0.05, 0) is 39.3 Å². The number of fused-ring (bicyclic) bond motifs is 1. The molecule has 0 aliphatic carbocycles. The van der Waals surface area contributed by atoms with Crippen LogP contribution in [0.4, 0.5) is 4.79 Å². The van der Waals surface area contributed by atoms with Crippen molar-refractivity contribution in [2.45, 2.75) is 49.4 Å². The Morgan fingerprint density at radius 2 is 2.00 bits per heavy atom. The Kier molecular flexibility index (Phi) is 4.95. The highest BCUT2D eigenvalue weighted by atomic mass is 32.2. The van der Waals surface area contributed by atoms with Crippen molar-refractivity contribution < 1.29 is 17.9 Å². The van der Waals surface area contributed by atoms with Crippen molar-refractivity contribution in [1.82, 2.24) is 10.3 Å². The molecule has 1 heterocycles. The Bertz CT molecular complexity index is 773. The fourth-order valence-corrected chi connectivity index (χ4v) is 4.87. The van der Waals surface area contributed by atoms with Gasteiger partial charge in [0.15, 0.2) is 0 Å². The van der Waals surface area contributed by atoms with Gasteiger partial charge in [0.05, 0.1) is 10.2 Å². The molecule has 23 heavy (non-hydrogen) atoms. The van der Waals surface area contributed by atoms with E-state index in [9.17, 15) is 13.2 Å². The summed E-state index contributed by atoms with van der Waals surface area (Å²) < 4.78 is 31.3. The van der Waals surface area contributed by atoms with Crippen LogP contribution in [-0.2, 0) is 14.6 Å². The van der Waals surface area contributed by atoms with Gasteiger partial charge in [0.25, 0.3) is 0 Å². The summed E-state index contributed by atoms with van der Waals surface area (Å²) in [6, 6.07) is 7.20. The molecule has 8 heteroatoms. The van der Waals surface area contributed by atoms with Crippen molar-refractivity contribution in [3.8, 4) is 0 Å². The van der Waals surface area contributed by atoms with E-state index in [1.807, 2.05) is 12.1 Å². The summed E-state index contributed by atoms with van der Waals surface area (Å²) in [5, 5.41) is 1.35.